The van der Waals surface area contributed by atoms with Crippen molar-refractivity contribution in [1.82, 2.24) is 9.97 Å². The van der Waals surface area contributed by atoms with Gasteiger partial charge in [-0.2, -0.15) is 0 Å². The number of aromatic amines is 1. The summed E-state index contributed by atoms with van der Waals surface area (Å²) in [5.74, 6) is 2.61. The first-order valence-electron chi connectivity index (χ1n) is 6.78. The maximum Gasteiger partial charge on any atom is 0.173 e. The molecule has 3 rings (SSSR count). The van der Waals surface area contributed by atoms with Crippen LogP contribution in [0.5, 0.6) is 5.75 Å². The van der Waals surface area contributed by atoms with Crippen molar-refractivity contribution in [3.63, 3.8) is 0 Å². The van der Waals surface area contributed by atoms with Crippen molar-refractivity contribution in [1.29, 1.82) is 0 Å². The van der Waals surface area contributed by atoms with Gasteiger partial charge in [-0.05, 0) is 48.9 Å². The van der Waals surface area contributed by atoms with E-state index in [1.54, 1.807) is 18.3 Å². The van der Waals surface area contributed by atoms with Gasteiger partial charge < -0.3 is 19.2 Å². The van der Waals surface area contributed by atoms with Gasteiger partial charge in [-0.1, -0.05) is 0 Å². The number of nitrogens with zero attached hydrogens (tertiary/aromatic N) is 1. The Morgan fingerprint density at radius 3 is 2.67 bits per heavy atom. The van der Waals surface area contributed by atoms with E-state index in [4.69, 9.17) is 14.3 Å². The molecule has 3 aromatic rings. The monoisotopic (exact) mass is 284 g/mol. The minimum Gasteiger partial charge on any atom is -0.494 e. The summed E-state index contributed by atoms with van der Waals surface area (Å²) in [4.78, 5) is 7.51. The van der Waals surface area contributed by atoms with E-state index in [1.807, 2.05) is 31.2 Å². The highest BCUT2D eigenvalue weighted by atomic mass is 16.5. The molecule has 0 aliphatic heterocycles. The molecular formula is C16H16N2O3. The average Bonchev–Trinajstić information content (AvgIpc) is 3.17. The van der Waals surface area contributed by atoms with Crippen LogP contribution in [-0.4, -0.2) is 21.7 Å². The van der Waals surface area contributed by atoms with Gasteiger partial charge in [-0.3, -0.25) is 0 Å². The van der Waals surface area contributed by atoms with Crippen molar-refractivity contribution < 1.29 is 14.3 Å². The summed E-state index contributed by atoms with van der Waals surface area (Å²) >= 11 is 0. The minimum atomic E-state index is -0.119. The molecule has 2 heterocycles. The molecule has 2 N–H and O–H groups in total. The lowest BCUT2D eigenvalue weighted by atomic mass is 10.2. The molecule has 0 fully saturated rings. The van der Waals surface area contributed by atoms with Gasteiger partial charge in [0.05, 0.1) is 18.5 Å². The zero-order chi connectivity index (χ0) is 14.7. The number of rotatable bonds is 5. The lowest BCUT2D eigenvalue weighted by Crippen LogP contribution is -1.90. The normalized spacial score (nSPS) is 10.8. The Labute approximate surface area is 122 Å². The summed E-state index contributed by atoms with van der Waals surface area (Å²) in [6.07, 6.45) is 1.76. The Hall–Kier alpha value is -2.53. The number of furan rings is 1. The molecule has 5 heteroatoms. The molecule has 21 heavy (non-hydrogen) atoms. The highest BCUT2D eigenvalue weighted by Gasteiger charge is 2.09. The maximum absolute atomic E-state index is 9.01. The SMILES string of the molecule is CCOc1ccc(-c2cnc(-c3ccc(CO)o3)[nH]2)cc1. The highest BCUT2D eigenvalue weighted by molar-refractivity contribution is 5.63. The zero-order valence-electron chi connectivity index (χ0n) is 11.7. The minimum absolute atomic E-state index is 0.119. The van der Waals surface area contributed by atoms with Gasteiger partial charge in [0.1, 0.15) is 18.1 Å². The molecule has 108 valence electrons. The Kier molecular flexibility index (Phi) is 3.75. The lowest BCUT2D eigenvalue weighted by molar-refractivity contribution is 0.248. The maximum atomic E-state index is 9.01. The van der Waals surface area contributed by atoms with Gasteiger partial charge in [0.25, 0.3) is 0 Å². The van der Waals surface area contributed by atoms with E-state index in [0.717, 1.165) is 17.0 Å². The molecule has 0 saturated carbocycles. The third kappa shape index (κ3) is 2.83. The molecule has 0 unspecified atom stereocenters. The van der Waals surface area contributed by atoms with Crippen LogP contribution in [0, 0.1) is 0 Å². The molecule has 5 nitrogen and oxygen atoms in total. The van der Waals surface area contributed by atoms with E-state index in [1.165, 1.54) is 0 Å². The second kappa shape index (κ2) is 5.85. The van der Waals surface area contributed by atoms with Crippen LogP contribution in [0.4, 0.5) is 0 Å². The number of imidazole rings is 1. The van der Waals surface area contributed by atoms with Gasteiger partial charge in [-0.25, -0.2) is 4.98 Å². The summed E-state index contributed by atoms with van der Waals surface area (Å²) in [6.45, 7) is 2.49. The fourth-order valence-corrected chi connectivity index (χ4v) is 2.08. The van der Waals surface area contributed by atoms with Crippen LogP contribution in [0.3, 0.4) is 0 Å². The number of nitrogens with one attached hydrogen (secondary N) is 1. The molecule has 0 atom stereocenters. The van der Waals surface area contributed by atoms with Gasteiger partial charge in [-0.15, -0.1) is 0 Å². The van der Waals surface area contributed by atoms with Crippen molar-refractivity contribution in [2.75, 3.05) is 6.61 Å². The second-order valence-electron chi connectivity index (χ2n) is 4.53. The first-order chi connectivity index (χ1) is 10.3. The van der Waals surface area contributed by atoms with Gasteiger partial charge >= 0.3 is 0 Å². The summed E-state index contributed by atoms with van der Waals surface area (Å²) in [6, 6.07) is 11.3. The fraction of sp³-hybridized carbons (Fsp3) is 0.188. The second-order valence-corrected chi connectivity index (χ2v) is 4.53. The molecular weight excluding hydrogens is 268 g/mol. The Morgan fingerprint density at radius 2 is 2.00 bits per heavy atom. The topological polar surface area (TPSA) is 71.3 Å². The van der Waals surface area contributed by atoms with Crippen molar-refractivity contribution in [3.8, 4) is 28.6 Å². The van der Waals surface area contributed by atoms with Crippen LogP contribution in [-0.2, 0) is 6.61 Å². The fourth-order valence-electron chi connectivity index (χ4n) is 2.08. The number of aliphatic hydroxyl groups is 1. The predicted octanol–water partition coefficient (Wildman–Crippen LogP) is 3.23. The molecule has 0 spiro atoms. The van der Waals surface area contributed by atoms with Crippen LogP contribution in [0.2, 0.25) is 0 Å². The number of aliphatic hydroxyl groups excluding tert-OH is 1. The van der Waals surface area contributed by atoms with Gasteiger partial charge in [0.2, 0.25) is 0 Å². The van der Waals surface area contributed by atoms with Crippen LogP contribution in [0.1, 0.15) is 12.7 Å². The quantitative estimate of drug-likeness (QED) is 0.754. The van der Waals surface area contributed by atoms with Crippen molar-refractivity contribution >= 4 is 0 Å². The van der Waals surface area contributed by atoms with E-state index in [-0.39, 0.29) is 6.61 Å². The molecule has 2 aromatic heterocycles. The molecule has 0 radical (unpaired) electrons. The van der Waals surface area contributed by atoms with E-state index in [2.05, 4.69) is 9.97 Å². The molecule has 1 aromatic carbocycles. The summed E-state index contributed by atoms with van der Waals surface area (Å²) in [7, 11) is 0. The Bertz CT molecular complexity index is 713. The molecule has 0 amide bonds. The number of hydrogen-bond donors (Lipinski definition) is 2. The number of hydrogen-bond acceptors (Lipinski definition) is 4. The molecule has 0 bridgehead atoms. The zero-order valence-corrected chi connectivity index (χ0v) is 11.7. The number of H-pyrrole nitrogens is 1. The Morgan fingerprint density at radius 1 is 1.19 bits per heavy atom. The number of ether oxygens (including phenoxy) is 1. The Balaban J connectivity index is 1.83. The molecule has 0 aliphatic carbocycles. The molecule has 0 saturated heterocycles. The summed E-state index contributed by atoms with van der Waals surface area (Å²) in [5, 5.41) is 9.01. The summed E-state index contributed by atoms with van der Waals surface area (Å²) in [5.41, 5.74) is 1.92. The van der Waals surface area contributed by atoms with Crippen LogP contribution in [0.15, 0.2) is 47.0 Å². The average molecular weight is 284 g/mol. The third-order valence-corrected chi connectivity index (χ3v) is 3.10. The standard InChI is InChI=1S/C16H16N2O3/c1-2-20-12-5-3-11(4-6-12)14-9-17-16(18-14)15-8-7-13(10-19)21-15/h3-9,19H,2,10H2,1H3,(H,17,18). The van der Waals surface area contributed by atoms with Crippen molar-refractivity contribution in [3.05, 3.63) is 48.4 Å². The van der Waals surface area contributed by atoms with E-state index in [9.17, 15) is 0 Å². The van der Waals surface area contributed by atoms with E-state index in [0.29, 0.717) is 24.0 Å². The summed E-state index contributed by atoms with van der Waals surface area (Å²) < 4.78 is 10.9. The molecule has 0 aliphatic rings. The smallest absolute Gasteiger partial charge is 0.173 e. The van der Waals surface area contributed by atoms with Gasteiger partial charge in [0.15, 0.2) is 11.6 Å². The van der Waals surface area contributed by atoms with Crippen molar-refractivity contribution in [2.24, 2.45) is 0 Å². The van der Waals surface area contributed by atoms with E-state index < -0.39 is 0 Å². The lowest BCUT2D eigenvalue weighted by Gasteiger charge is -2.03. The number of benzene rings is 1. The van der Waals surface area contributed by atoms with Crippen LogP contribution in [0.25, 0.3) is 22.8 Å². The van der Waals surface area contributed by atoms with Crippen LogP contribution >= 0.6 is 0 Å². The third-order valence-electron chi connectivity index (χ3n) is 3.10. The first kappa shape index (κ1) is 13.5. The highest BCUT2D eigenvalue weighted by Crippen LogP contribution is 2.25. The van der Waals surface area contributed by atoms with E-state index >= 15 is 0 Å². The van der Waals surface area contributed by atoms with Gasteiger partial charge in [0, 0.05) is 0 Å². The number of aromatic nitrogens is 2. The predicted molar refractivity (Wildman–Crippen MR) is 78.8 cm³/mol. The first-order valence-corrected chi connectivity index (χ1v) is 6.78. The van der Waals surface area contributed by atoms with Crippen molar-refractivity contribution in [2.45, 2.75) is 13.5 Å². The largest absolute Gasteiger partial charge is 0.494 e. The van der Waals surface area contributed by atoms with Crippen LogP contribution < -0.4 is 4.74 Å².